The van der Waals surface area contributed by atoms with E-state index in [-0.39, 0.29) is 25.8 Å². The van der Waals surface area contributed by atoms with Crippen LogP contribution in [0.2, 0.25) is 39.3 Å². The van der Waals surface area contributed by atoms with Crippen LogP contribution in [0.1, 0.15) is 0 Å². The number of hydrogen-bond acceptors (Lipinski definition) is 3. The fourth-order valence-corrected chi connectivity index (χ4v) is 11.8. The van der Waals surface area contributed by atoms with E-state index in [1.165, 1.54) is 0 Å². The third-order valence-electron chi connectivity index (χ3n) is 2.67. The van der Waals surface area contributed by atoms with Gasteiger partial charge >= 0.3 is 0 Å². The quantitative estimate of drug-likeness (QED) is 0.365. The van der Waals surface area contributed by atoms with Gasteiger partial charge in [0.2, 0.25) is 5.78 Å². The molecule has 0 heterocycles. The number of Topliss-reactive ketones (excluding diaryl/α,β-unsaturated/α-hetero) is 1. The van der Waals surface area contributed by atoms with E-state index in [9.17, 15) is 4.79 Å². The lowest BCUT2D eigenvalue weighted by Gasteiger charge is -2.41. The Morgan fingerprint density at radius 1 is 0.762 bits per heavy atom. The van der Waals surface area contributed by atoms with Crippen molar-refractivity contribution in [3.63, 3.8) is 0 Å². The molecule has 0 unspecified atom stereocenters. The SMILES string of the molecule is C[Si](C)(C)N(N=C1C(=O)C(Cl)=C(Cl)C(Cl)=C1Cl)[Si](C)(C)C. The Morgan fingerprint density at radius 3 is 1.52 bits per heavy atom. The van der Waals surface area contributed by atoms with Crippen molar-refractivity contribution in [1.29, 1.82) is 0 Å². The van der Waals surface area contributed by atoms with E-state index in [2.05, 4.69) is 48.7 Å². The molecular formula is C12H18Cl4N2OSi2. The van der Waals surface area contributed by atoms with Crippen molar-refractivity contribution in [2.75, 3.05) is 0 Å². The summed E-state index contributed by atoms with van der Waals surface area (Å²) in [5, 5.41) is 4.49. The molecule has 118 valence electrons. The van der Waals surface area contributed by atoms with E-state index in [1.54, 1.807) is 0 Å². The Labute approximate surface area is 147 Å². The molecular weight excluding hydrogens is 386 g/mol. The molecule has 0 bridgehead atoms. The number of halogens is 4. The maximum atomic E-state index is 12.3. The smallest absolute Gasteiger partial charge is 0.227 e. The minimum Gasteiger partial charge on any atom is -0.349 e. The summed E-state index contributed by atoms with van der Waals surface area (Å²) in [6.07, 6.45) is 0. The van der Waals surface area contributed by atoms with Crippen molar-refractivity contribution in [2.45, 2.75) is 39.3 Å². The minimum absolute atomic E-state index is 0.0279. The summed E-state index contributed by atoms with van der Waals surface area (Å²) >= 11 is 24.0. The molecule has 0 atom stereocenters. The van der Waals surface area contributed by atoms with Gasteiger partial charge in [0, 0.05) is 0 Å². The molecule has 0 aliphatic heterocycles. The third kappa shape index (κ3) is 4.15. The number of carbonyl (C=O) groups excluding carboxylic acids is 1. The van der Waals surface area contributed by atoms with Gasteiger partial charge in [-0.05, 0) is 0 Å². The summed E-state index contributed by atoms with van der Waals surface area (Å²) in [7, 11) is -3.57. The number of hydrazone groups is 1. The molecule has 0 spiro atoms. The predicted molar refractivity (Wildman–Crippen MR) is 98.4 cm³/mol. The molecule has 0 aromatic heterocycles. The second-order valence-electron chi connectivity index (χ2n) is 6.69. The maximum Gasteiger partial charge on any atom is 0.227 e. The fourth-order valence-electron chi connectivity index (χ4n) is 2.10. The molecule has 1 rings (SSSR count). The number of nitrogens with zero attached hydrogens (tertiary/aromatic N) is 2. The summed E-state index contributed by atoms with van der Waals surface area (Å²) < 4.78 is 2.07. The fraction of sp³-hybridized carbons (Fsp3) is 0.500. The molecule has 9 heteroatoms. The van der Waals surface area contributed by atoms with Gasteiger partial charge in [0.1, 0.15) is 5.03 Å². The first-order valence-electron chi connectivity index (χ1n) is 6.33. The van der Waals surface area contributed by atoms with Crippen molar-refractivity contribution in [3.8, 4) is 0 Å². The van der Waals surface area contributed by atoms with Gasteiger partial charge < -0.3 is 4.34 Å². The van der Waals surface area contributed by atoms with Crippen LogP contribution in [-0.4, -0.2) is 32.3 Å². The van der Waals surface area contributed by atoms with Crippen LogP contribution in [0.4, 0.5) is 0 Å². The van der Waals surface area contributed by atoms with Crippen LogP contribution in [0.15, 0.2) is 25.2 Å². The monoisotopic (exact) mass is 402 g/mol. The molecule has 3 nitrogen and oxygen atoms in total. The summed E-state index contributed by atoms with van der Waals surface area (Å²) in [4.78, 5) is 12.3. The highest BCUT2D eigenvalue weighted by atomic mass is 35.5. The normalized spacial score (nSPS) is 19.7. The maximum absolute atomic E-state index is 12.3. The topological polar surface area (TPSA) is 32.7 Å². The minimum atomic E-state index is -1.79. The van der Waals surface area contributed by atoms with Crippen molar-refractivity contribution in [1.82, 2.24) is 4.34 Å². The molecule has 0 radical (unpaired) electrons. The first-order valence-corrected chi connectivity index (χ1v) is 14.7. The van der Waals surface area contributed by atoms with Crippen molar-refractivity contribution in [3.05, 3.63) is 20.1 Å². The summed E-state index contributed by atoms with van der Waals surface area (Å²) in [6, 6.07) is 0. The zero-order valence-corrected chi connectivity index (χ0v) is 17.8. The largest absolute Gasteiger partial charge is 0.349 e. The van der Waals surface area contributed by atoms with Crippen molar-refractivity contribution in [2.24, 2.45) is 5.10 Å². The van der Waals surface area contributed by atoms with Crippen LogP contribution in [-0.2, 0) is 4.79 Å². The second-order valence-corrected chi connectivity index (χ2v) is 18.2. The van der Waals surface area contributed by atoms with E-state index in [4.69, 9.17) is 46.4 Å². The molecule has 0 saturated heterocycles. The van der Waals surface area contributed by atoms with Gasteiger partial charge in [-0.1, -0.05) is 85.7 Å². The van der Waals surface area contributed by atoms with E-state index >= 15 is 0 Å². The van der Waals surface area contributed by atoms with Crippen LogP contribution < -0.4 is 0 Å². The van der Waals surface area contributed by atoms with Gasteiger partial charge in [-0.25, -0.2) is 0 Å². The van der Waals surface area contributed by atoms with E-state index < -0.39 is 22.3 Å². The first-order chi connectivity index (χ1) is 9.28. The van der Waals surface area contributed by atoms with E-state index in [0.717, 1.165) is 0 Å². The molecule has 0 saturated carbocycles. The Kier molecular flexibility index (Phi) is 5.85. The highest BCUT2D eigenvalue weighted by molar-refractivity contribution is 6.89. The highest BCUT2D eigenvalue weighted by Crippen LogP contribution is 2.36. The Bertz CT molecular complexity index is 557. The lowest BCUT2D eigenvalue weighted by Crippen LogP contribution is -2.56. The lowest BCUT2D eigenvalue weighted by molar-refractivity contribution is -0.109. The zero-order chi connectivity index (χ0) is 16.7. The van der Waals surface area contributed by atoms with E-state index in [1.807, 2.05) is 0 Å². The molecule has 0 aromatic rings. The number of carbonyl (C=O) groups is 1. The number of ketones is 1. The van der Waals surface area contributed by atoms with Crippen LogP contribution in [0.3, 0.4) is 0 Å². The van der Waals surface area contributed by atoms with Gasteiger partial charge in [0.15, 0.2) is 22.2 Å². The molecule has 0 N–H and O–H groups in total. The summed E-state index contributed by atoms with van der Waals surface area (Å²) in [5.41, 5.74) is 0.0703. The van der Waals surface area contributed by atoms with Crippen LogP contribution >= 0.6 is 46.4 Å². The molecule has 21 heavy (non-hydrogen) atoms. The van der Waals surface area contributed by atoms with Gasteiger partial charge in [0.25, 0.3) is 0 Å². The first kappa shape index (κ1) is 19.3. The average molecular weight is 404 g/mol. The zero-order valence-electron chi connectivity index (χ0n) is 12.8. The standard InChI is InChI=1S/C12H18Cl4N2OSi2/c1-20(2,3)18(21(4,5)6)17-11-9(15)7(13)8(14)10(16)12(11)19/h1-6H3. The van der Waals surface area contributed by atoms with Gasteiger partial charge in [-0.15, -0.1) is 0 Å². The third-order valence-corrected chi connectivity index (χ3v) is 11.2. The Hall–Kier alpha value is 0.214. The summed E-state index contributed by atoms with van der Waals surface area (Å²) in [6.45, 7) is 13.0. The molecule has 1 aliphatic carbocycles. The second kappa shape index (κ2) is 6.37. The number of hydrogen-bond donors (Lipinski definition) is 0. The van der Waals surface area contributed by atoms with Crippen LogP contribution in [0.5, 0.6) is 0 Å². The van der Waals surface area contributed by atoms with Gasteiger partial charge in [-0.2, -0.15) is 5.10 Å². The molecule has 0 fully saturated rings. The van der Waals surface area contributed by atoms with Crippen LogP contribution in [0, 0.1) is 0 Å². The lowest BCUT2D eigenvalue weighted by atomic mass is 10.1. The van der Waals surface area contributed by atoms with Crippen LogP contribution in [0.25, 0.3) is 0 Å². The molecule has 1 aliphatic rings. The predicted octanol–water partition coefficient (Wildman–Crippen LogP) is 5.28. The average Bonchev–Trinajstić information content (AvgIpc) is 2.30. The molecule has 0 aromatic carbocycles. The van der Waals surface area contributed by atoms with Crippen molar-refractivity contribution >= 4 is 74.4 Å². The van der Waals surface area contributed by atoms with Crippen molar-refractivity contribution < 1.29 is 4.79 Å². The highest BCUT2D eigenvalue weighted by Gasteiger charge is 2.37. The number of allylic oxidation sites excluding steroid dienone is 4. The Balaban J connectivity index is 3.48. The number of rotatable bonds is 3. The van der Waals surface area contributed by atoms with Gasteiger partial charge in [-0.3, -0.25) is 4.79 Å². The molecule has 0 amide bonds. The van der Waals surface area contributed by atoms with E-state index in [0.29, 0.717) is 0 Å². The summed E-state index contributed by atoms with van der Waals surface area (Å²) in [5.74, 6) is -0.488. The van der Waals surface area contributed by atoms with Gasteiger partial charge in [0.05, 0.1) is 15.1 Å². The Morgan fingerprint density at radius 2 is 1.14 bits per heavy atom.